The van der Waals surface area contributed by atoms with Crippen LogP contribution in [0.2, 0.25) is 0 Å². The summed E-state index contributed by atoms with van der Waals surface area (Å²) in [5, 5.41) is 13.5. The van der Waals surface area contributed by atoms with Crippen LogP contribution >= 0.6 is 11.3 Å². The number of aromatic nitrogens is 1. The Labute approximate surface area is 180 Å². The minimum absolute atomic E-state index is 0.246. The largest absolute Gasteiger partial charge is 0.443 e. The normalized spacial score (nSPS) is 13.9. The number of nitrogens with two attached hydrogens (primary N) is 1. The standard InChI is InChI=1S/C23H27N3O3S/c24-19(11-17-7-3-1-4-8-17)13-21(27)22(12-18-9-5-2-6-10-18)29-23(28)26-15-20-14-25-16-30-20/h1-10,14,16,19,21-22,27H,11-13,15,24H2,(H,26,28)/t19-,21-,22-/m0/s1. The molecule has 0 spiro atoms. The van der Waals surface area contributed by atoms with Crippen molar-refractivity contribution >= 4 is 17.4 Å². The van der Waals surface area contributed by atoms with E-state index in [1.54, 1.807) is 11.7 Å². The van der Waals surface area contributed by atoms with Gasteiger partial charge in [0.2, 0.25) is 0 Å². The second-order valence-corrected chi connectivity index (χ2v) is 8.18. The van der Waals surface area contributed by atoms with E-state index in [0.29, 0.717) is 25.8 Å². The van der Waals surface area contributed by atoms with Gasteiger partial charge in [-0.3, -0.25) is 4.98 Å². The number of ether oxygens (including phenoxy) is 1. The molecule has 4 N–H and O–H groups in total. The Bertz CT molecular complexity index is 875. The van der Waals surface area contributed by atoms with Gasteiger partial charge in [-0.05, 0) is 24.0 Å². The molecule has 0 aliphatic heterocycles. The van der Waals surface area contributed by atoms with Crippen molar-refractivity contribution in [3.8, 4) is 0 Å². The molecule has 0 bridgehead atoms. The van der Waals surface area contributed by atoms with E-state index in [1.807, 2.05) is 60.7 Å². The van der Waals surface area contributed by atoms with Crippen LogP contribution in [-0.4, -0.2) is 34.4 Å². The first-order valence-corrected chi connectivity index (χ1v) is 10.8. The molecule has 30 heavy (non-hydrogen) atoms. The predicted octanol–water partition coefficient (Wildman–Crippen LogP) is 3.30. The van der Waals surface area contributed by atoms with Crippen LogP contribution < -0.4 is 11.1 Å². The highest BCUT2D eigenvalue weighted by atomic mass is 32.1. The van der Waals surface area contributed by atoms with Gasteiger partial charge in [0.25, 0.3) is 0 Å². The third-order valence-corrected chi connectivity index (χ3v) is 5.52. The van der Waals surface area contributed by atoms with Gasteiger partial charge < -0.3 is 20.9 Å². The van der Waals surface area contributed by atoms with Crippen molar-refractivity contribution < 1.29 is 14.6 Å². The lowest BCUT2D eigenvalue weighted by Gasteiger charge is -2.25. The van der Waals surface area contributed by atoms with E-state index in [0.717, 1.165) is 16.0 Å². The van der Waals surface area contributed by atoms with E-state index >= 15 is 0 Å². The van der Waals surface area contributed by atoms with E-state index < -0.39 is 18.3 Å². The molecule has 3 aromatic rings. The van der Waals surface area contributed by atoms with Crippen molar-refractivity contribution in [3.63, 3.8) is 0 Å². The molecule has 1 amide bonds. The molecule has 158 valence electrons. The van der Waals surface area contributed by atoms with Crippen LogP contribution in [0.5, 0.6) is 0 Å². The molecule has 0 aliphatic rings. The number of carbonyl (C=O) groups is 1. The number of aliphatic hydroxyl groups excluding tert-OH is 1. The van der Waals surface area contributed by atoms with Gasteiger partial charge in [-0.15, -0.1) is 11.3 Å². The fourth-order valence-corrected chi connectivity index (χ4v) is 3.77. The minimum atomic E-state index is -0.877. The van der Waals surface area contributed by atoms with Gasteiger partial charge >= 0.3 is 6.09 Å². The van der Waals surface area contributed by atoms with Crippen molar-refractivity contribution in [2.24, 2.45) is 5.73 Å². The average Bonchev–Trinajstić information content (AvgIpc) is 3.27. The van der Waals surface area contributed by atoms with Crippen LogP contribution in [0.3, 0.4) is 0 Å². The highest BCUT2D eigenvalue weighted by molar-refractivity contribution is 7.09. The maximum absolute atomic E-state index is 12.3. The Morgan fingerprint density at radius 1 is 1.07 bits per heavy atom. The molecular weight excluding hydrogens is 398 g/mol. The first-order chi connectivity index (χ1) is 14.6. The van der Waals surface area contributed by atoms with Gasteiger partial charge in [0.1, 0.15) is 6.10 Å². The fourth-order valence-electron chi connectivity index (χ4n) is 3.23. The van der Waals surface area contributed by atoms with Gasteiger partial charge in [0.05, 0.1) is 18.2 Å². The van der Waals surface area contributed by atoms with E-state index in [-0.39, 0.29) is 6.04 Å². The number of aliphatic hydroxyl groups is 1. The summed E-state index contributed by atoms with van der Waals surface area (Å²) in [5.74, 6) is 0. The SMILES string of the molecule is N[C@@H](Cc1ccccc1)C[C@H](O)[C@H](Cc1ccccc1)OC(=O)NCc1cncs1. The van der Waals surface area contributed by atoms with Crippen molar-refractivity contribution in [2.75, 3.05) is 0 Å². The topological polar surface area (TPSA) is 97.5 Å². The first kappa shape index (κ1) is 22.0. The number of hydrogen-bond acceptors (Lipinski definition) is 6. The summed E-state index contributed by atoms with van der Waals surface area (Å²) in [5.41, 5.74) is 10.1. The van der Waals surface area contributed by atoms with E-state index in [4.69, 9.17) is 10.5 Å². The van der Waals surface area contributed by atoms with Crippen molar-refractivity contribution in [1.82, 2.24) is 10.3 Å². The second kappa shape index (κ2) is 11.4. The van der Waals surface area contributed by atoms with Crippen LogP contribution in [0.4, 0.5) is 4.79 Å². The van der Waals surface area contributed by atoms with Crippen molar-refractivity contribution in [2.45, 2.75) is 44.1 Å². The highest BCUT2D eigenvalue weighted by Gasteiger charge is 2.26. The number of benzene rings is 2. The molecule has 0 saturated carbocycles. The van der Waals surface area contributed by atoms with E-state index in [2.05, 4.69) is 10.3 Å². The van der Waals surface area contributed by atoms with Crippen molar-refractivity contribution in [3.05, 3.63) is 88.4 Å². The van der Waals surface area contributed by atoms with Gasteiger partial charge in [-0.1, -0.05) is 60.7 Å². The van der Waals surface area contributed by atoms with Crippen LogP contribution in [-0.2, 0) is 24.1 Å². The lowest BCUT2D eigenvalue weighted by molar-refractivity contribution is -0.00389. The average molecular weight is 426 g/mol. The number of nitrogens with one attached hydrogen (secondary N) is 1. The molecule has 0 saturated heterocycles. The molecule has 1 heterocycles. The summed E-state index contributed by atoms with van der Waals surface area (Å²) in [6.07, 6.45) is 0.939. The van der Waals surface area contributed by atoms with Gasteiger partial charge in [0.15, 0.2) is 0 Å². The molecule has 7 heteroatoms. The van der Waals surface area contributed by atoms with E-state index in [9.17, 15) is 9.90 Å². The summed E-state index contributed by atoms with van der Waals surface area (Å²) >= 11 is 1.45. The number of amides is 1. The van der Waals surface area contributed by atoms with Crippen LogP contribution in [0.15, 0.2) is 72.4 Å². The Morgan fingerprint density at radius 3 is 2.30 bits per heavy atom. The Morgan fingerprint density at radius 2 is 1.70 bits per heavy atom. The van der Waals surface area contributed by atoms with Crippen LogP contribution in [0.25, 0.3) is 0 Å². The maximum Gasteiger partial charge on any atom is 0.407 e. The molecule has 6 nitrogen and oxygen atoms in total. The molecule has 0 unspecified atom stereocenters. The van der Waals surface area contributed by atoms with Crippen LogP contribution in [0, 0.1) is 0 Å². The lowest BCUT2D eigenvalue weighted by Crippen LogP contribution is -2.40. The van der Waals surface area contributed by atoms with Gasteiger partial charge in [-0.2, -0.15) is 0 Å². The second-order valence-electron chi connectivity index (χ2n) is 7.21. The summed E-state index contributed by atoms with van der Waals surface area (Å²) < 4.78 is 5.59. The smallest absolute Gasteiger partial charge is 0.407 e. The predicted molar refractivity (Wildman–Crippen MR) is 118 cm³/mol. The summed E-state index contributed by atoms with van der Waals surface area (Å²) in [6.45, 7) is 0.338. The fraction of sp³-hybridized carbons (Fsp3) is 0.304. The zero-order valence-electron chi connectivity index (χ0n) is 16.7. The number of alkyl carbamates (subject to hydrolysis) is 1. The maximum atomic E-state index is 12.3. The summed E-state index contributed by atoms with van der Waals surface area (Å²) in [6, 6.07) is 19.3. The number of rotatable bonds is 10. The number of thiazole rings is 1. The monoisotopic (exact) mass is 425 g/mol. The lowest BCUT2D eigenvalue weighted by atomic mass is 9.96. The quantitative estimate of drug-likeness (QED) is 0.463. The summed E-state index contributed by atoms with van der Waals surface area (Å²) in [4.78, 5) is 17.2. The Kier molecular flexibility index (Phi) is 8.38. The molecule has 3 atom stereocenters. The molecule has 0 aliphatic carbocycles. The van der Waals surface area contributed by atoms with Gasteiger partial charge in [0, 0.05) is 23.5 Å². The number of hydrogen-bond donors (Lipinski definition) is 3. The third-order valence-electron chi connectivity index (χ3n) is 4.74. The van der Waals surface area contributed by atoms with Crippen LogP contribution in [0.1, 0.15) is 22.4 Å². The number of carbonyl (C=O) groups excluding carboxylic acids is 1. The first-order valence-electron chi connectivity index (χ1n) is 9.93. The van der Waals surface area contributed by atoms with Crippen molar-refractivity contribution in [1.29, 1.82) is 0 Å². The minimum Gasteiger partial charge on any atom is -0.443 e. The molecule has 0 fully saturated rings. The van der Waals surface area contributed by atoms with Gasteiger partial charge in [-0.25, -0.2) is 4.79 Å². The molecular formula is C23H27N3O3S. The zero-order chi connectivity index (χ0) is 21.2. The highest BCUT2D eigenvalue weighted by Crippen LogP contribution is 2.15. The molecule has 3 rings (SSSR count). The Hall–Kier alpha value is -2.74. The van der Waals surface area contributed by atoms with E-state index in [1.165, 1.54) is 11.3 Å². The third kappa shape index (κ3) is 7.26. The zero-order valence-corrected chi connectivity index (χ0v) is 17.5. The molecule has 2 aromatic carbocycles. The molecule has 1 aromatic heterocycles. The molecule has 0 radical (unpaired) electrons. The Balaban J connectivity index is 1.59. The number of nitrogens with zero attached hydrogens (tertiary/aromatic N) is 1. The summed E-state index contributed by atoms with van der Waals surface area (Å²) in [7, 11) is 0.